The highest BCUT2D eigenvalue weighted by atomic mass is 32.1. The SMILES string of the molecule is CCC(C(CCC(=O)O)C(=O)O)P(=O)(O)Cc1ccsc1. The number of aliphatic carboxylic acids is 2. The van der Waals surface area contributed by atoms with E-state index in [9.17, 15) is 24.2 Å². The first-order valence-electron chi connectivity index (χ1n) is 6.55. The van der Waals surface area contributed by atoms with Crippen LogP contribution in [0.1, 0.15) is 31.7 Å². The van der Waals surface area contributed by atoms with Crippen molar-refractivity contribution in [3.05, 3.63) is 22.4 Å². The van der Waals surface area contributed by atoms with Gasteiger partial charge in [-0.1, -0.05) is 6.92 Å². The van der Waals surface area contributed by atoms with Crippen LogP contribution in [-0.2, 0) is 20.3 Å². The van der Waals surface area contributed by atoms with Gasteiger partial charge in [-0.2, -0.15) is 11.3 Å². The zero-order valence-corrected chi connectivity index (χ0v) is 13.3. The normalized spacial score (nSPS) is 16.9. The number of hydrogen-bond acceptors (Lipinski definition) is 4. The zero-order valence-electron chi connectivity index (χ0n) is 11.6. The van der Waals surface area contributed by atoms with Crippen molar-refractivity contribution < 1.29 is 29.3 Å². The van der Waals surface area contributed by atoms with Gasteiger partial charge in [0.1, 0.15) is 0 Å². The maximum atomic E-state index is 12.6. The molecule has 3 N–H and O–H groups in total. The molecule has 8 heteroatoms. The molecule has 0 aliphatic heterocycles. The lowest BCUT2D eigenvalue weighted by atomic mass is 9.97. The van der Waals surface area contributed by atoms with Gasteiger partial charge in [0.05, 0.1) is 12.1 Å². The average molecular weight is 334 g/mol. The maximum Gasteiger partial charge on any atom is 0.307 e. The van der Waals surface area contributed by atoms with Crippen molar-refractivity contribution in [3.8, 4) is 0 Å². The van der Waals surface area contributed by atoms with Gasteiger partial charge in [-0.3, -0.25) is 14.2 Å². The lowest BCUT2D eigenvalue weighted by Gasteiger charge is -2.27. The number of carboxylic acid groups (broad SMARTS) is 2. The molecule has 0 fully saturated rings. The lowest BCUT2D eigenvalue weighted by Crippen LogP contribution is -2.29. The average Bonchev–Trinajstić information content (AvgIpc) is 2.85. The third kappa shape index (κ3) is 5.26. The van der Waals surface area contributed by atoms with Crippen LogP contribution in [-0.4, -0.2) is 32.7 Å². The van der Waals surface area contributed by atoms with Gasteiger partial charge >= 0.3 is 11.9 Å². The summed E-state index contributed by atoms with van der Waals surface area (Å²) in [5.74, 6) is -3.45. The van der Waals surface area contributed by atoms with Gasteiger partial charge < -0.3 is 15.1 Å². The van der Waals surface area contributed by atoms with E-state index in [1.54, 1.807) is 23.8 Å². The minimum atomic E-state index is -3.73. The Morgan fingerprint density at radius 1 is 1.38 bits per heavy atom. The van der Waals surface area contributed by atoms with Crippen LogP contribution >= 0.6 is 18.7 Å². The molecule has 0 bridgehead atoms. The minimum absolute atomic E-state index is 0.0775. The third-order valence-corrected chi connectivity index (χ3v) is 6.69. The first-order valence-corrected chi connectivity index (χ1v) is 9.40. The van der Waals surface area contributed by atoms with Crippen molar-refractivity contribution in [2.24, 2.45) is 5.92 Å². The highest BCUT2D eigenvalue weighted by molar-refractivity contribution is 7.58. The Balaban J connectivity index is 2.92. The van der Waals surface area contributed by atoms with Crippen molar-refractivity contribution in [3.63, 3.8) is 0 Å². The summed E-state index contributed by atoms with van der Waals surface area (Å²) in [6.07, 6.45) is -0.330. The van der Waals surface area contributed by atoms with E-state index in [4.69, 9.17) is 5.11 Å². The van der Waals surface area contributed by atoms with Gasteiger partial charge in [0.25, 0.3) is 0 Å². The third-order valence-electron chi connectivity index (χ3n) is 3.38. The first-order chi connectivity index (χ1) is 9.77. The Kier molecular flexibility index (Phi) is 6.58. The predicted molar refractivity (Wildman–Crippen MR) is 79.9 cm³/mol. The maximum absolute atomic E-state index is 12.6. The van der Waals surface area contributed by atoms with Crippen molar-refractivity contribution in [2.75, 3.05) is 0 Å². The summed E-state index contributed by atoms with van der Waals surface area (Å²) in [6.45, 7) is 1.65. The topological polar surface area (TPSA) is 112 Å². The summed E-state index contributed by atoms with van der Waals surface area (Å²) in [7, 11) is -3.73. The van der Waals surface area contributed by atoms with E-state index < -0.39 is 30.9 Å². The molecule has 0 aliphatic rings. The molecule has 0 amide bonds. The molecule has 0 aromatic carbocycles. The van der Waals surface area contributed by atoms with Crippen molar-refractivity contribution in [1.82, 2.24) is 0 Å². The summed E-state index contributed by atoms with van der Waals surface area (Å²) >= 11 is 1.40. The molecule has 3 unspecified atom stereocenters. The van der Waals surface area contributed by atoms with E-state index >= 15 is 0 Å². The minimum Gasteiger partial charge on any atom is -0.481 e. The molecule has 0 spiro atoms. The van der Waals surface area contributed by atoms with Gasteiger partial charge in [0, 0.05) is 12.1 Å². The van der Waals surface area contributed by atoms with Crippen LogP contribution in [0.3, 0.4) is 0 Å². The van der Waals surface area contributed by atoms with Crippen LogP contribution in [0.25, 0.3) is 0 Å². The summed E-state index contributed by atoms with van der Waals surface area (Å²) in [4.78, 5) is 32.2. The van der Waals surface area contributed by atoms with E-state index in [-0.39, 0.29) is 25.4 Å². The Labute approximate surface area is 126 Å². The second-order valence-corrected chi connectivity index (χ2v) is 8.17. The van der Waals surface area contributed by atoms with Crippen LogP contribution in [0, 0.1) is 5.92 Å². The molecular formula is C13H19O6PS. The molecule has 118 valence electrons. The van der Waals surface area contributed by atoms with E-state index in [2.05, 4.69) is 0 Å². The molecule has 1 aromatic rings. The lowest BCUT2D eigenvalue weighted by molar-refractivity contribution is -0.143. The Bertz CT molecular complexity index is 527. The van der Waals surface area contributed by atoms with E-state index in [0.29, 0.717) is 5.56 Å². The van der Waals surface area contributed by atoms with Crippen LogP contribution < -0.4 is 0 Å². The summed E-state index contributed by atoms with van der Waals surface area (Å²) < 4.78 is 12.6. The highest BCUT2D eigenvalue weighted by Gasteiger charge is 2.39. The van der Waals surface area contributed by atoms with Crippen LogP contribution in [0.4, 0.5) is 0 Å². The van der Waals surface area contributed by atoms with Gasteiger partial charge in [0.2, 0.25) is 7.37 Å². The fourth-order valence-corrected chi connectivity index (χ4v) is 5.53. The largest absolute Gasteiger partial charge is 0.481 e. The zero-order chi connectivity index (χ0) is 16.0. The van der Waals surface area contributed by atoms with Crippen LogP contribution in [0.15, 0.2) is 16.8 Å². The molecule has 0 radical (unpaired) electrons. The number of rotatable bonds is 9. The van der Waals surface area contributed by atoms with E-state index in [0.717, 1.165) is 0 Å². The Morgan fingerprint density at radius 3 is 2.48 bits per heavy atom. The molecule has 0 aliphatic carbocycles. The monoisotopic (exact) mass is 334 g/mol. The van der Waals surface area contributed by atoms with Crippen molar-refractivity contribution in [1.29, 1.82) is 0 Å². The van der Waals surface area contributed by atoms with Gasteiger partial charge in [-0.15, -0.1) is 0 Å². The van der Waals surface area contributed by atoms with Crippen LogP contribution in [0.2, 0.25) is 0 Å². The smallest absolute Gasteiger partial charge is 0.307 e. The number of carboxylic acids is 2. The second-order valence-electron chi connectivity index (χ2n) is 4.90. The van der Waals surface area contributed by atoms with E-state index in [1.807, 2.05) is 0 Å². The molecule has 0 saturated heterocycles. The Morgan fingerprint density at radius 2 is 2.05 bits per heavy atom. The predicted octanol–water partition coefficient (Wildman–Crippen LogP) is 2.86. The number of carbonyl (C=O) groups is 2. The number of thiophene rings is 1. The van der Waals surface area contributed by atoms with E-state index in [1.165, 1.54) is 11.3 Å². The fraction of sp³-hybridized carbons (Fsp3) is 0.538. The van der Waals surface area contributed by atoms with Crippen molar-refractivity contribution >= 4 is 30.6 Å². The molecule has 6 nitrogen and oxygen atoms in total. The Hall–Kier alpha value is -1.17. The first kappa shape index (κ1) is 17.9. The standard InChI is InChI=1S/C13H19O6PS/c1-2-11(10(13(16)17)3-4-12(14)15)20(18,19)7-9-5-6-21-8-9/h5-6,8,10-11H,2-4,7H2,1H3,(H,14,15)(H,16,17)(H,18,19). The molecule has 1 aromatic heterocycles. The molecular weight excluding hydrogens is 315 g/mol. The molecule has 3 atom stereocenters. The summed E-state index contributed by atoms with van der Waals surface area (Å²) in [5.41, 5.74) is -0.235. The number of hydrogen-bond donors (Lipinski definition) is 3. The molecule has 21 heavy (non-hydrogen) atoms. The van der Waals surface area contributed by atoms with Gasteiger partial charge in [-0.25, -0.2) is 0 Å². The van der Waals surface area contributed by atoms with Gasteiger partial charge in [-0.05, 0) is 35.2 Å². The quantitative estimate of drug-likeness (QED) is 0.599. The molecule has 1 rings (SSSR count). The molecule has 1 heterocycles. The summed E-state index contributed by atoms with van der Waals surface area (Å²) in [6, 6.07) is 1.73. The fourth-order valence-electron chi connectivity index (χ4n) is 2.37. The van der Waals surface area contributed by atoms with Gasteiger partial charge in [0.15, 0.2) is 0 Å². The summed E-state index contributed by atoms with van der Waals surface area (Å²) in [5, 5.41) is 21.5. The van der Waals surface area contributed by atoms with Crippen LogP contribution in [0.5, 0.6) is 0 Å². The van der Waals surface area contributed by atoms with Crippen molar-refractivity contribution in [2.45, 2.75) is 38.0 Å². The molecule has 0 saturated carbocycles. The second kappa shape index (κ2) is 7.73. The highest BCUT2D eigenvalue weighted by Crippen LogP contribution is 2.54.